The monoisotopic (exact) mass is 243 g/mol. The van der Waals surface area contributed by atoms with Crippen molar-refractivity contribution >= 4 is 17.3 Å². The van der Waals surface area contributed by atoms with Crippen LogP contribution in [0.5, 0.6) is 5.75 Å². The molecule has 3 rings (SSSR count). The number of fused-ring (bicyclic) bond motifs is 1. The van der Waals surface area contributed by atoms with Crippen LogP contribution in [-0.4, -0.2) is 23.0 Å². The third-order valence-electron chi connectivity index (χ3n) is 2.96. The molecule has 0 unspecified atom stereocenters. The number of H-pyrrole nitrogens is 1. The summed E-state index contributed by atoms with van der Waals surface area (Å²) < 4.78 is 5.13. The van der Waals surface area contributed by atoms with Gasteiger partial charge in [-0.2, -0.15) is 10.2 Å². The van der Waals surface area contributed by atoms with Crippen molar-refractivity contribution in [3.8, 4) is 5.75 Å². The second kappa shape index (κ2) is 4.06. The lowest BCUT2D eigenvalue weighted by atomic mass is 10.0. The number of hydrazone groups is 1. The fourth-order valence-corrected chi connectivity index (χ4v) is 1.93. The third kappa shape index (κ3) is 1.67. The van der Waals surface area contributed by atoms with E-state index in [1.165, 1.54) is 0 Å². The molecule has 1 aromatic carbocycles. The molecule has 6 nitrogen and oxygen atoms in total. The van der Waals surface area contributed by atoms with Gasteiger partial charge in [0.1, 0.15) is 11.6 Å². The number of nitrogens with two attached hydrogens (primary N) is 1. The van der Waals surface area contributed by atoms with Crippen LogP contribution in [0.3, 0.4) is 0 Å². The second-order valence-corrected chi connectivity index (χ2v) is 4.04. The smallest absolute Gasteiger partial charge is 0.173 e. The van der Waals surface area contributed by atoms with Crippen molar-refractivity contribution in [2.24, 2.45) is 5.10 Å². The van der Waals surface area contributed by atoms with Crippen molar-refractivity contribution in [1.29, 1.82) is 0 Å². The van der Waals surface area contributed by atoms with Crippen molar-refractivity contribution in [2.45, 2.75) is 6.42 Å². The van der Waals surface area contributed by atoms with Gasteiger partial charge < -0.3 is 10.5 Å². The van der Waals surface area contributed by atoms with Gasteiger partial charge in [0, 0.05) is 12.0 Å². The van der Waals surface area contributed by atoms with Gasteiger partial charge in [0.15, 0.2) is 5.82 Å². The summed E-state index contributed by atoms with van der Waals surface area (Å²) in [6, 6.07) is 7.76. The van der Waals surface area contributed by atoms with Crippen molar-refractivity contribution in [2.75, 3.05) is 18.3 Å². The third-order valence-corrected chi connectivity index (χ3v) is 2.96. The Morgan fingerprint density at radius 3 is 2.78 bits per heavy atom. The van der Waals surface area contributed by atoms with Crippen molar-refractivity contribution in [3.63, 3.8) is 0 Å². The Morgan fingerprint density at radius 1 is 1.28 bits per heavy atom. The summed E-state index contributed by atoms with van der Waals surface area (Å²) >= 11 is 0. The van der Waals surface area contributed by atoms with E-state index in [0.29, 0.717) is 18.1 Å². The van der Waals surface area contributed by atoms with Crippen LogP contribution in [0.1, 0.15) is 11.1 Å². The molecule has 0 saturated heterocycles. The summed E-state index contributed by atoms with van der Waals surface area (Å²) in [6.07, 6.45) is 0.664. The molecule has 1 aliphatic heterocycles. The normalized spacial score (nSPS) is 13.5. The minimum atomic E-state index is 0.582. The average Bonchev–Trinajstić information content (AvgIpc) is 2.80. The van der Waals surface area contributed by atoms with E-state index >= 15 is 0 Å². The number of hydrogen-bond donors (Lipinski definition) is 3. The number of nitrogens with zero attached hydrogens (tertiary/aromatic N) is 2. The van der Waals surface area contributed by atoms with Crippen LogP contribution in [0.15, 0.2) is 29.4 Å². The first kappa shape index (κ1) is 10.6. The number of aromatic amines is 1. The molecule has 0 radical (unpaired) electrons. The first-order chi connectivity index (χ1) is 8.78. The minimum absolute atomic E-state index is 0.582. The molecule has 18 heavy (non-hydrogen) atoms. The Morgan fingerprint density at radius 2 is 2.06 bits per heavy atom. The van der Waals surface area contributed by atoms with Gasteiger partial charge in [-0.25, -0.2) is 0 Å². The molecular formula is C12H13N5O. The summed E-state index contributed by atoms with van der Waals surface area (Å²) in [5, 5.41) is 11.1. The van der Waals surface area contributed by atoms with E-state index in [9.17, 15) is 0 Å². The van der Waals surface area contributed by atoms with E-state index in [1.54, 1.807) is 7.11 Å². The van der Waals surface area contributed by atoms with Gasteiger partial charge in [-0.3, -0.25) is 10.5 Å². The number of anilines is 2. The number of rotatable bonds is 2. The maximum absolute atomic E-state index is 5.81. The Kier molecular flexibility index (Phi) is 2.40. The van der Waals surface area contributed by atoms with Gasteiger partial charge in [-0.1, -0.05) is 0 Å². The molecule has 0 bridgehead atoms. The summed E-state index contributed by atoms with van der Waals surface area (Å²) in [7, 11) is 1.65. The molecular weight excluding hydrogens is 230 g/mol. The lowest BCUT2D eigenvalue weighted by Gasteiger charge is -2.13. The highest BCUT2D eigenvalue weighted by Gasteiger charge is 2.19. The lowest BCUT2D eigenvalue weighted by Crippen LogP contribution is -2.14. The van der Waals surface area contributed by atoms with Crippen molar-refractivity contribution in [1.82, 2.24) is 10.2 Å². The SMILES string of the molecule is COc1ccc(C2=NNc3n[nH]c(N)c3C2)cc1. The molecule has 92 valence electrons. The first-order valence-corrected chi connectivity index (χ1v) is 5.57. The summed E-state index contributed by atoms with van der Waals surface area (Å²) in [5.74, 6) is 2.11. The van der Waals surface area contributed by atoms with E-state index in [1.807, 2.05) is 24.3 Å². The molecule has 4 N–H and O–H groups in total. The van der Waals surface area contributed by atoms with Crippen LogP contribution in [-0.2, 0) is 6.42 Å². The summed E-state index contributed by atoms with van der Waals surface area (Å²) in [4.78, 5) is 0. The molecule has 2 heterocycles. The number of methoxy groups -OCH3 is 1. The van der Waals surface area contributed by atoms with Gasteiger partial charge in [0.2, 0.25) is 0 Å². The highest BCUT2D eigenvalue weighted by Crippen LogP contribution is 2.25. The quantitative estimate of drug-likeness (QED) is 0.743. The van der Waals surface area contributed by atoms with Crippen LogP contribution >= 0.6 is 0 Å². The van der Waals surface area contributed by atoms with Gasteiger partial charge >= 0.3 is 0 Å². The highest BCUT2D eigenvalue weighted by atomic mass is 16.5. The number of ether oxygens (including phenoxy) is 1. The standard InChI is InChI=1S/C12H13N5O/c1-18-8-4-2-7(3-5-8)10-6-9-11(13)15-17-12(9)16-14-10/h2-5H,6H2,1H3,(H4,13,15,16,17). The molecule has 0 fully saturated rings. The minimum Gasteiger partial charge on any atom is -0.497 e. The maximum atomic E-state index is 5.81. The van der Waals surface area contributed by atoms with Crippen LogP contribution in [0.4, 0.5) is 11.6 Å². The molecule has 0 spiro atoms. The largest absolute Gasteiger partial charge is 0.497 e. The van der Waals surface area contributed by atoms with Gasteiger partial charge in [0.05, 0.1) is 12.8 Å². The molecule has 6 heteroatoms. The molecule has 1 aliphatic rings. The zero-order chi connectivity index (χ0) is 12.5. The van der Waals surface area contributed by atoms with Crippen molar-refractivity contribution < 1.29 is 4.74 Å². The molecule has 0 amide bonds. The topological polar surface area (TPSA) is 88.3 Å². The highest BCUT2D eigenvalue weighted by molar-refractivity contribution is 6.04. The number of hydrogen-bond acceptors (Lipinski definition) is 5. The summed E-state index contributed by atoms with van der Waals surface area (Å²) in [5.41, 5.74) is 11.6. The van der Waals surface area contributed by atoms with E-state index in [2.05, 4.69) is 20.7 Å². The average molecular weight is 243 g/mol. The zero-order valence-electron chi connectivity index (χ0n) is 9.90. The number of benzene rings is 1. The fourth-order valence-electron chi connectivity index (χ4n) is 1.93. The Hall–Kier alpha value is -2.50. The molecule has 2 aromatic rings. The van der Waals surface area contributed by atoms with E-state index in [4.69, 9.17) is 10.5 Å². The predicted octanol–water partition coefficient (Wildman–Crippen LogP) is 1.37. The molecule has 0 aliphatic carbocycles. The fraction of sp³-hybridized carbons (Fsp3) is 0.167. The predicted molar refractivity (Wildman–Crippen MR) is 69.9 cm³/mol. The van der Waals surface area contributed by atoms with Crippen molar-refractivity contribution in [3.05, 3.63) is 35.4 Å². The Bertz CT molecular complexity index is 599. The van der Waals surface area contributed by atoms with E-state index in [0.717, 1.165) is 22.6 Å². The van der Waals surface area contributed by atoms with Gasteiger partial charge in [-0.15, -0.1) is 0 Å². The maximum Gasteiger partial charge on any atom is 0.173 e. The van der Waals surface area contributed by atoms with Crippen LogP contribution in [0.25, 0.3) is 0 Å². The number of nitrogens with one attached hydrogen (secondary N) is 2. The molecule has 1 aromatic heterocycles. The lowest BCUT2D eigenvalue weighted by molar-refractivity contribution is 0.415. The number of nitrogen functional groups attached to an aromatic ring is 1. The molecule has 0 saturated carbocycles. The molecule has 0 atom stereocenters. The van der Waals surface area contributed by atoms with Crippen LogP contribution < -0.4 is 15.9 Å². The van der Waals surface area contributed by atoms with E-state index in [-0.39, 0.29) is 0 Å². The second-order valence-electron chi connectivity index (χ2n) is 4.04. The Labute approximate surface area is 104 Å². The van der Waals surface area contributed by atoms with E-state index < -0.39 is 0 Å². The summed E-state index contributed by atoms with van der Waals surface area (Å²) in [6.45, 7) is 0. The van der Waals surface area contributed by atoms with Crippen LogP contribution in [0, 0.1) is 0 Å². The number of aromatic nitrogens is 2. The first-order valence-electron chi connectivity index (χ1n) is 5.57. The zero-order valence-corrected chi connectivity index (χ0v) is 9.90. The van der Waals surface area contributed by atoms with Crippen LogP contribution in [0.2, 0.25) is 0 Å². The van der Waals surface area contributed by atoms with Gasteiger partial charge in [-0.05, 0) is 29.8 Å². The Balaban J connectivity index is 1.89. The van der Waals surface area contributed by atoms with Gasteiger partial charge in [0.25, 0.3) is 0 Å².